The van der Waals surface area contributed by atoms with Crippen LogP contribution in [-0.2, 0) is 11.2 Å². The highest BCUT2D eigenvalue weighted by Gasteiger charge is 2.46. The van der Waals surface area contributed by atoms with Gasteiger partial charge in [0.15, 0.2) is 0 Å². The third-order valence-corrected chi connectivity index (χ3v) is 4.01. The molecule has 1 aromatic rings. The van der Waals surface area contributed by atoms with Crippen molar-refractivity contribution in [3.63, 3.8) is 0 Å². The molecule has 18 heavy (non-hydrogen) atoms. The SMILES string of the molecule is O=C(O)C1NNC(C2CC2)C1Cc1ccccc1. The molecule has 0 amide bonds. The fourth-order valence-corrected chi connectivity index (χ4v) is 2.91. The van der Waals surface area contributed by atoms with Gasteiger partial charge >= 0.3 is 5.97 Å². The second kappa shape index (κ2) is 4.71. The molecule has 4 heteroatoms. The predicted octanol–water partition coefficient (Wildman–Crippen LogP) is 1.18. The van der Waals surface area contributed by atoms with Crippen LogP contribution in [0.15, 0.2) is 30.3 Å². The lowest BCUT2D eigenvalue weighted by Gasteiger charge is -2.20. The zero-order chi connectivity index (χ0) is 12.5. The van der Waals surface area contributed by atoms with Crippen LogP contribution in [-0.4, -0.2) is 23.2 Å². The first-order chi connectivity index (χ1) is 8.75. The maximum atomic E-state index is 11.3. The molecule has 3 unspecified atom stereocenters. The molecule has 0 aromatic heterocycles. The van der Waals surface area contributed by atoms with Gasteiger partial charge in [0.25, 0.3) is 0 Å². The van der Waals surface area contributed by atoms with Crippen LogP contribution in [0.25, 0.3) is 0 Å². The van der Waals surface area contributed by atoms with Crippen LogP contribution in [0.4, 0.5) is 0 Å². The first kappa shape index (κ1) is 11.7. The van der Waals surface area contributed by atoms with E-state index < -0.39 is 12.0 Å². The Morgan fingerprint density at radius 3 is 2.56 bits per heavy atom. The minimum atomic E-state index is -0.758. The van der Waals surface area contributed by atoms with E-state index in [1.165, 1.54) is 18.4 Å². The van der Waals surface area contributed by atoms with E-state index in [4.69, 9.17) is 0 Å². The number of carboxylic acids is 1. The summed E-state index contributed by atoms with van der Waals surface area (Å²) in [5, 5.41) is 9.28. The molecular formula is C14H18N2O2. The molecule has 96 valence electrons. The summed E-state index contributed by atoms with van der Waals surface area (Å²) in [6, 6.07) is 9.96. The number of benzene rings is 1. The van der Waals surface area contributed by atoms with Gasteiger partial charge in [0, 0.05) is 12.0 Å². The van der Waals surface area contributed by atoms with Crippen molar-refractivity contribution in [2.24, 2.45) is 11.8 Å². The number of nitrogens with one attached hydrogen (secondary N) is 2. The number of hydrogen-bond donors (Lipinski definition) is 3. The summed E-state index contributed by atoms with van der Waals surface area (Å²) in [6.45, 7) is 0. The van der Waals surface area contributed by atoms with Gasteiger partial charge in [-0.1, -0.05) is 30.3 Å². The first-order valence-electron chi connectivity index (χ1n) is 6.53. The molecule has 2 fully saturated rings. The monoisotopic (exact) mass is 246 g/mol. The van der Waals surface area contributed by atoms with Crippen molar-refractivity contribution in [3.05, 3.63) is 35.9 Å². The average molecular weight is 246 g/mol. The highest BCUT2D eigenvalue weighted by atomic mass is 16.4. The van der Waals surface area contributed by atoms with E-state index in [0.29, 0.717) is 12.0 Å². The van der Waals surface area contributed by atoms with Gasteiger partial charge in [-0.2, -0.15) is 0 Å². The van der Waals surface area contributed by atoms with E-state index in [-0.39, 0.29) is 5.92 Å². The molecule has 2 aliphatic rings. The summed E-state index contributed by atoms with van der Waals surface area (Å²) in [5.41, 5.74) is 7.35. The minimum Gasteiger partial charge on any atom is -0.480 e. The summed E-state index contributed by atoms with van der Waals surface area (Å²) in [4.78, 5) is 11.3. The summed E-state index contributed by atoms with van der Waals surface area (Å²) in [7, 11) is 0. The average Bonchev–Trinajstić information content (AvgIpc) is 3.12. The maximum absolute atomic E-state index is 11.3. The zero-order valence-electron chi connectivity index (χ0n) is 10.2. The van der Waals surface area contributed by atoms with Crippen LogP contribution in [0.5, 0.6) is 0 Å². The molecule has 1 heterocycles. The van der Waals surface area contributed by atoms with Gasteiger partial charge in [-0.05, 0) is 30.7 Å². The van der Waals surface area contributed by atoms with Gasteiger partial charge in [-0.15, -0.1) is 0 Å². The predicted molar refractivity (Wildman–Crippen MR) is 67.8 cm³/mol. The Balaban J connectivity index is 1.77. The molecule has 4 nitrogen and oxygen atoms in total. The molecule has 0 spiro atoms. The molecule has 0 radical (unpaired) electrons. The van der Waals surface area contributed by atoms with E-state index >= 15 is 0 Å². The molecule has 3 rings (SSSR count). The summed E-state index contributed by atoms with van der Waals surface area (Å²) in [6.07, 6.45) is 3.26. The second-order valence-corrected chi connectivity index (χ2v) is 5.32. The van der Waals surface area contributed by atoms with E-state index in [1.807, 2.05) is 18.2 Å². The number of rotatable bonds is 4. The van der Waals surface area contributed by atoms with Crippen LogP contribution in [0.2, 0.25) is 0 Å². The Morgan fingerprint density at radius 1 is 1.22 bits per heavy atom. The van der Waals surface area contributed by atoms with Gasteiger partial charge in [-0.25, -0.2) is 5.43 Å². The van der Waals surface area contributed by atoms with E-state index in [9.17, 15) is 9.90 Å². The van der Waals surface area contributed by atoms with Crippen molar-refractivity contribution in [1.82, 2.24) is 10.9 Å². The number of hydrogen-bond acceptors (Lipinski definition) is 3. The number of aliphatic carboxylic acids is 1. The zero-order valence-corrected chi connectivity index (χ0v) is 10.2. The van der Waals surface area contributed by atoms with Crippen molar-refractivity contribution in [2.75, 3.05) is 0 Å². The van der Waals surface area contributed by atoms with Crippen molar-refractivity contribution in [2.45, 2.75) is 31.3 Å². The molecule has 1 aliphatic heterocycles. The number of carboxylic acid groups (broad SMARTS) is 1. The Morgan fingerprint density at radius 2 is 1.94 bits per heavy atom. The third-order valence-electron chi connectivity index (χ3n) is 4.01. The minimum absolute atomic E-state index is 0.136. The van der Waals surface area contributed by atoms with Gasteiger partial charge in [0.1, 0.15) is 6.04 Å². The first-order valence-corrected chi connectivity index (χ1v) is 6.53. The highest BCUT2D eigenvalue weighted by molar-refractivity contribution is 5.74. The lowest BCUT2D eigenvalue weighted by molar-refractivity contribution is -0.140. The Labute approximate surface area is 106 Å². The van der Waals surface area contributed by atoms with Crippen LogP contribution in [0, 0.1) is 11.8 Å². The fourth-order valence-electron chi connectivity index (χ4n) is 2.91. The van der Waals surface area contributed by atoms with E-state index in [2.05, 4.69) is 23.0 Å². The van der Waals surface area contributed by atoms with Gasteiger partial charge in [-0.3, -0.25) is 10.2 Å². The largest absolute Gasteiger partial charge is 0.480 e. The van der Waals surface area contributed by atoms with Crippen LogP contribution in [0.3, 0.4) is 0 Å². The Hall–Kier alpha value is -1.39. The topological polar surface area (TPSA) is 61.4 Å². The molecule has 3 atom stereocenters. The third kappa shape index (κ3) is 2.26. The maximum Gasteiger partial charge on any atom is 0.322 e. The molecular weight excluding hydrogens is 228 g/mol. The smallest absolute Gasteiger partial charge is 0.322 e. The normalized spacial score (nSPS) is 31.4. The van der Waals surface area contributed by atoms with Crippen molar-refractivity contribution >= 4 is 5.97 Å². The van der Waals surface area contributed by atoms with Gasteiger partial charge in [0.05, 0.1) is 0 Å². The summed E-state index contributed by atoms with van der Waals surface area (Å²) < 4.78 is 0. The summed E-state index contributed by atoms with van der Waals surface area (Å²) in [5.74, 6) is 0.0274. The molecule has 1 aromatic carbocycles. The van der Waals surface area contributed by atoms with Crippen LogP contribution >= 0.6 is 0 Å². The van der Waals surface area contributed by atoms with Crippen molar-refractivity contribution in [3.8, 4) is 0 Å². The fraction of sp³-hybridized carbons (Fsp3) is 0.500. The lowest BCUT2D eigenvalue weighted by Crippen LogP contribution is -2.39. The highest BCUT2D eigenvalue weighted by Crippen LogP contribution is 2.39. The summed E-state index contributed by atoms with van der Waals surface area (Å²) >= 11 is 0. The second-order valence-electron chi connectivity index (χ2n) is 5.32. The van der Waals surface area contributed by atoms with E-state index in [0.717, 1.165) is 6.42 Å². The van der Waals surface area contributed by atoms with E-state index in [1.54, 1.807) is 0 Å². The number of carbonyl (C=O) groups is 1. The molecule has 3 N–H and O–H groups in total. The molecule has 1 saturated heterocycles. The van der Waals surface area contributed by atoms with Crippen LogP contribution < -0.4 is 10.9 Å². The Bertz CT molecular complexity index is 431. The molecule has 0 bridgehead atoms. The van der Waals surface area contributed by atoms with Crippen molar-refractivity contribution in [1.29, 1.82) is 0 Å². The number of hydrazine groups is 1. The molecule has 1 aliphatic carbocycles. The quantitative estimate of drug-likeness (QED) is 0.746. The van der Waals surface area contributed by atoms with Crippen molar-refractivity contribution < 1.29 is 9.90 Å². The van der Waals surface area contributed by atoms with Crippen LogP contribution in [0.1, 0.15) is 18.4 Å². The Kier molecular flexibility index (Phi) is 3.06. The molecule has 1 saturated carbocycles. The lowest BCUT2D eigenvalue weighted by atomic mass is 9.86. The standard InChI is InChI=1S/C14H18N2O2/c17-14(18)13-11(8-9-4-2-1-3-5-9)12(15-16-13)10-6-7-10/h1-5,10-13,15-16H,6-8H2,(H,17,18). The van der Waals surface area contributed by atoms with Gasteiger partial charge < -0.3 is 5.11 Å². The van der Waals surface area contributed by atoms with Gasteiger partial charge in [0.2, 0.25) is 0 Å².